The summed E-state index contributed by atoms with van der Waals surface area (Å²) in [5.41, 5.74) is 0.358. The Labute approximate surface area is 77.5 Å². The molecule has 0 unspecified atom stereocenters. The second-order valence-electron chi connectivity index (χ2n) is 2.57. The van der Waals surface area contributed by atoms with Crippen molar-refractivity contribution in [2.24, 2.45) is 0 Å². The van der Waals surface area contributed by atoms with Crippen LogP contribution in [0.25, 0.3) is 0 Å². The van der Waals surface area contributed by atoms with Gasteiger partial charge in [-0.25, -0.2) is 4.79 Å². The first-order valence-electron chi connectivity index (χ1n) is 3.84. The van der Waals surface area contributed by atoms with Crippen LogP contribution in [0.15, 0.2) is 11.1 Å². The summed E-state index contributed by atoms with van der Waals surface area (Å²) in [6, 6.07) is 0. The van der Waals surface area contributed by atoms with E-state index in [0.717, 1.165) is 0 Å². The maximum absolute atomic E-state index is 11.0. The Hall–Kier alpha value is -1.56. The van der Waals surface area contributed by atoms with Gasteiger partial charge in [-0.05, 0) is 20.8 Å². The molecule has 1 N–H and O–H groups in total. The molecule has 0 aliphatic carbocycles. The highest BCUT2D eigenvalue weighted by molar-refractivity contribution is 6.02. The number of ketones is 1. The Balaban J connectivity index is 4.96. The summed E-state index contributed by atoms with van der Waals surface area (Å²) in [6.07, 6.45) is 0.212. The van der Waals surface area contributed by atoms with Crippen LogP contribution in [0.3, 0.4) is 0 Å². The smallest absolute Gasteiger partial charge is 0.331 e. The van der Waals surface area contributed by atoms with Gasteiger partial charge in [0, 0.05) is 17.6 Å². The molecule has 0 saturated heterocycles. The van der Waals surface area contributed by atoms with E-state index in [2.05, 4.69) is 11.8 Å². The fourth-order valence-corrected chi connectivity index (χ4v) is 0.827. The fraction of sp³-hybridized carbons (Fsp3) is 0.400. The third-order valence-corrected chi connectivity index (χ3v) is 1.64. The fourth-order valence-electron chi connectivity index (χ4n) is 0.827. The van der Waals surface area contributed by atoms with E-state index >= 15 is 0 Å². The highest BCUT2D eigenvalue weighted by Crippen LogP contribution is 2.09. The zero-order valence-electron chi connectivity index (χ0n) is 7.97. The van der Waals surface area contributed by atoms with Gasteiger partial charge in [0.15, 0.2) is 5.78 Å². The van der Waals surface area contributed by atoms with Crippen LogP contribution in [0, 0.1) is 11.8 Å². The first kappa shape index (κ1) is 11.4. The molecule has 0 spiro atoms. The molecule has 0 aromatic carbocycles. The van der Waals surface area contributed by atoms with Crippen LogP contribution in [0.1, 0.15) is 27.2 Å². The minimum Gasteiger partial charge on any atom is -0.478 e. The van der Waals surface area contributed by atoms with Gasteiger partial charge in [-0.15, -0.1) is 5.92 Å². The van der Waals surface area contributed by atoms with Crippen molar-refractivity contribution < 1.29 is 14.7 Å². The standard InChI is InChI=1S/C10H12O3/c1-4-5-6-9(8(3)11)7(2)10(12)13/h6H2,1-3H3,(H,12,13)/b9-7-. The lowest BCUT2D eigenvalue weighted by atomic mass is 10.0. The van der Waals surface area contributed by atoms with Gasteiger partial charge in [0.25, 0.3) is 0 Å². The number of carbonyl (C=O) groups is 2. The van der Waals surface area contributed by atoms with Crippen molar-refractivity contribution in [3.8, 4) is 11.8 Å². The van der Waals surface area contributed by atoms with Crippen molar-refractivity contribution in [1.29, 1.82) is 0 Å². The third-order valence-electron chi connectivity index (χ3n) is 1.64. The molecule has 0 fully saturated rings. The van der Waals surface area contributed by atoms with Crippen LogP contribution in [-0.4, -0.2) is 16.9 Å². The number of rotatable bonds is 3. The van der Waals surface area contributed by atoms with E-state index < -0.39 is 5.97 Å². The van der Waals surface area contributed by atoms with Crippen LogP contribution >= 0.6 is 0 Å². The molecule has 3 nitrogen and oxygen atoms in total. The van der Waals surface area contributed by atoms with Gasteiger partial charge in [-0.2, -0.15) is 0 Å². The monoisotopic (exact) mass is 180 g/mol. The first-order chi connectivity index (χ1) is 6.00. The molecule has 0 saturated carbocycles. The molecule has 0 aromatic rings. The highest BCUT2D eigenvalue weighted by Gasteiger charge is 2.11. The summed E-state index contributed by atoms with van der Waals surface area (Å²) < 4.78 is 0. The second kappa shape index (κ2) is 5.15. The molecule has 0 radical (unpaired) electrons. The lowest BCUT2D eigenvalue weighted by Crippen LogP contribution is -2.06. The first-order valence-corrected chi connectivity index (χ1v) is 3.84. The van der Waals surface area contributed by atoms with Gasteiger partial charge in [0.1, 0.15) is 0 Å². The van der Waals surface area contributed by atoms with Crippen molar-refractivity contribution in [2.75, 3.05) is 0 Å². The van der Waals surface area contributed by atoms with Gasteiger partial charge >= 0.3 is 5.97 Å². The third kappa shape index (κ3) is 3.57. The van der Waals surface area contributed by atoms with Crippen molar-refractivity contribution in [1.82, 2.24) is 0 Å². The van der Waals surface area contributed by atoms with Gasteiger partial charge in [0.05, 0.1) is 0 Å². The predicted octanol–water partition coefficient (Wildman–Crippen LogP) is 1.39. The number of carboxylic acid groups (broad SMARTS) is 1. The summed E-state index contributed by atoms with van der Waals surface area (Å²) in [7, 11) is 0. The number of Topliss-reactive ketones (excluding diaryl/α,β-unsaturated/α-hetero) is 1. The van der Waals surface area contributed by atoms with Crippen molar-refractivity contribution >= 4 is 11.8 Å². The molecule has 0 aliphatic heterocycles. The van der Waals surface area contributed by atoms with Crippen molar-refractivity contribution in [2.45, 2.75) is 27.2 Å². The summed E-state index contributed by atoms with van der Waals surface area (Å²) >= 11 is 0. The summed E-state index contributed by atoms with van der Waals surface area (Å²) in [6.45, 7) is 4.41. The van der Waals surface area contributed by atoms with E-state index in [4.69, 9.17) is 5.11 Å². The number of carboxylic acids is 1. The van der Waals surface area contributed by atoms with Crippen molar-refractivity contribution in [3.05, 3.63) is 11.1 Å². The predicted molar refractivity (Wildman–Crippen MR) is 49.1 cm³/mol. The molecule has 0 atom stereocenters. The average Bonchev–Trinajstić information content (AvgIpc) is 2.04. The molecule has 3 heteroatoms. The van der Waals surface area contributed by atoms with Crippen molar-refractivity contribution in [3.63, 3.8) is 0 Å². The Morgan fingerprint density at radius 3 is 2.15 bits per heavy atom. The topological polar surface area (TPSA) is 54.4 Å². The minimum atomic E-state index is -1.07. The van der Waals surface area contributed by atoms with Gasteiger partial charge in [0.2, 0.25) is 0 Å². The quantitative estimate of drug-likeness (QED) is 0.527. The number of carbonyl (C=O) groups excluding carboxylic acids is 1. The molecule has 0 aromatic heterocycles. The Morgan fingerprint density at radius 2 is 1.85 bits per heavy atom. The number of hydrogen-bond acceptors (Lipinski definition) is 2. The van der Waals surface area contributed by atoms with E-state index in [0.29, 0.717) is 0 Å². The van der Waals surface area contributed by atoms with Crippen LogP contribution < -0.4 is 0 Å². The minimum absolute atomic E-state index is 0.0789. The normalized spacial score (nSPS) is 11.0. The Kier molecular flexibility index (Phi) is 4.53. The van der Waals surface area contributed by atoms with Crippen LogP contribution in [-0.2, 0) is 9.59 Å². The van der Waals surface area contributed by atoms with Crippen LogP contribution in [0.4, 0.5) is 0 Å². The number of allylic oxidation sites excluding steroid dienone is 1. The average molecular weight is 180 g/mol. The van der Waals surface area contributed by atoms with E-state index in [-0.39, 0.29) is 23.4 Å². The Morgan fingerprint density at radius 1 is 1.31 bits per heavy atom. The molecular formula is C10H12O3. The molecule has 0 bridgehead atoms. The molecule has 13 heavy (non-hydrogen) atoms. The molecule has 0 aliphatic rings. The van der Waals surface area contributed by atoms with Gasteiger partial charge < -0.3 is 5.11 Å². The van der Waals surface area contributed by atoms with E-state index in [9.17, 15) is 9.59 Å². The van der Waals surface area contributed by atoms with E-state index in [1.807, 2.05) is 0 Å². The van der Waals surface area contributed by atoms with Gasteiger partial charge in [-0.3, -0.25) is 4.79 Å². The highest BCUT2D eigenvalue weighted by atomic mass is 16.4. The largest absolute Gasteiger partial charge is 0.478 e. The molecular weight excluding hydrogens is 168 g/mol. The maximum Gasteiger partial charge on any atom is 0.331 e. The van der Waals surface area contributed by atoms with E-state index in [1.165, 1.54) is 13.8 Å². The summed E-state index contributed by atoms with van der Waals surface area (Å²) in [4.78, 5) is 21.6. The number of hydrogen-bond donors (Lipinski definition) is 1. The molecule has 70 valence electrons. The zero-order valence-corrected chi connectivity index (χ0v) is 7.97. The lowest BCUT2D eigenvalue weighted by Gasteiger charge is -2.01. The van der Waals surface area contributed by atoms with E-state index in [1.54, 1.807) is 6.92 Å². The Bertz CT molecular complexity index is 313. The molecule has 0 amide bonds. The lowest BCUT2D eigenvalue weighted by molar-refractivity contribution is -0.133. The van der Waals surface area contributed by atoms with Crippen LogP contribution in [0.5, 0.6) is 0 Å². The molecule has 0 heterocycles. The number of aliphatic carboxylic acids is 1. The second-order valence-corrected chi connectivity index (χ2v) is 2.57. The SMILES string of the molecule is CC#CC/C(C(C)=O)=C(\C)C(=O)O. The maximum atomic E-state index is 11.0. The van der Waals surface area contributed by atoms with Crippen LogP contribution in [0.2, 0.25) is 0 Å². The summed E-state index contributed by atoms with van der Waals surface area (Å²) in [5, 5.41) is 8.64. The molecule has 0 rings (SSSR count). The van der Waals surface area contributed by atoms with Gasteiger partial charge in [-0.1, -0.05) is 5.92 Å². The zero-order chi connectivity index (χ0) is 10.4. The summed E-state index contributed by atoms with van der Waals surface area (Å²) in [5.74, 6) is 3.99.